The van der Waals surface area contributed by atoms with Crippen LogP contribution in [-0.2, 0) is 10.1 Å². The fourth-order valence-corrected chi connectivity index (χ4v) is 0.924. The molecule has 0 atom stereocenters. The molecule has 3 N–H and O–H groups in total. The minimum absolute atomic E-state index is 0.271. The van der Waals surface area contributed by atoms with Crippen LogP contribution in [0.1, 0.15) is 6.92 Å². The van der Waals surface area contributed by atoms with Gasteiger partial charge in [0, 0.05) is 5.70 Å². The van der Waals surface area contributed by atoms with Gasteiger partial charge in [0.15, 0.2) is 0 Å². The minimum Gasteiger partial charge on any atom is -0.402 e. The van der Waals surface area contributed by atoms with Gasteiger partial charge in [-0.25, -0.2) is 0 Å². The molecule has 0 aromatic heterocycles. The summed E-state index contributed by atoms with van der Waals surface area (Å²) < 4.78 is 29.6. The lowest BCUT2D eigenvalue weighted by Gasteiger charge is -1.93. The average Bonchev–Trinajstić information content (AvgIpc) is 1.85. The first-order valence-electron chi connectivity index (χ1n) is 3.12. The van der Waals surface area contributed by atoms with Gasteiger partial charge in [-0.2, -0.15) is 8.42 Å². The lowest BCUT2D eigenvalue weighted by atomic mass is 10.4. The van der Waals surface area contributed by atoms with Crippen LogP contribution in [0.2, 0.25) is 0 Å². The van der Waals surface area contributed by atoms with Gasteiger partial charge in [0.25, 0.3) is 10.1 Å². The highest BCUT2D eigenvalue weighted by atomic mass is 32.2. The molecule has 5 heteroatoms. The van der Waals surface area contributed by atoms with E-state index in [-0.39, 0.29) is 4.91 Å². The standard InChI is InChI=1S/C7H11NO3S/c1-3-7(12(9,10)11)5-4-6(2)8/h3-5H,1,8H2,2H3,(H,9,10,11)/b6-4+,7-5+. The maximum Gasteiger partial charge on any atom is 0.294 e. The molecule has 0 amide bonds. The van der Waals surface area contributed by atoms with E-state index in [2.05, 4.69) is 6.58 Å². The number of hydrogen-bond donors (Lipinski definition) is 2. The van der Waals surface area contributed by atoms with Crippen molar-refractivity contribution in [1.82, 2.24) is 0 Å². The summed E-state index contributed by atoms with van der Waals surface area (Å²) in [4.78, 5) is -0.271. The Labute approximate surface area is 71.8 Å². The molecule has 0 aromatic rings. The zero-order valence-electron chi connectivity index (χ0n) is 6.69. The predicted octanol–water partition coefficient (Wildman–Crippen LogP) is 0.807. The van der Waals surface area contributed by atoms with Gasteiger partial charge in [-0.1, -0.05) is 6.58 Å². The van der Waals surface area contributed by atoms with Gasteiger partial charge in [0.05, 0.1) is 4.91 Å². The largest absolute Gasteiger partial charge is 0.402 e. The molecule has 0 aromatic carbocycles. The monoisotopic (exact) mass is 189 g/mol. The van der Waals surface area contributed by atoms with Crippen molar-refractivity contribution in [3.63, 3.8) is 0 Å². The van der Waals surface area contributed by atoms with Crippen molar-refractivity contribution >= 4 is 10.1 Å². The maximum atomic E-state index is 10.5. The second-order valence-electron chi connectivity index (χ2n) is 2.16. The third-order valence-corrected chi connectivity index (χ3v) is 1.91. The Morgan fingerprint density at radius 3 is 2.25 bits per heavy atom. The number of hydrogen-bond acceptors (Lipinski definition) is 3. The molecule has 4 nitrogen and oxygen atoms in total. The smallest absolute Gasteiger partial charge is 0.294 e. The molecule has 0 aliphatic rings. The Hall–Kier alpha value is -1.07. The van der Waals surface area contributed by atoms with Crippen molar-refractivity contribution < 1.29 is 13.0 Å². The second kappa shape index (κ2) is 4.08. The quantitative estimate of drug-likeness (QED) is 0.508. The number of nitrogens with two attached hydrogens (primary N) is 1. The molecule has 0 radical (unpaired) electrons. The third-order valence-electron chi connectivity index (χ3n) is 1.01. The van der Waals surface area contributed by atoms with Crippen LogP contribution in [0.4, 0.5) is 0 Å². The summed E-state index contributed by atoms with van der Waals surface area (Å²) in [5, 5.41) is 0. The maximum absolute atomic E-state index is 10.5. The minimum atomic E-state index is -4.17. The predicted molar refractivity (Wildman–Crippen MR) is 47.8 cm³/mol. The molecule has 0 saturated heterocycles. The Morgan fingerprint density at radius 2 is 2.00 bits per heavy atom. The Kier molecular flexibility index (Phi) is 3.72. The molecule has 0 heterocycles. The summed E-state index contributed by atoms with van der Waals surface area (Å²) in [5.74, 6) is 0. The zero-order valence-corrected chi connectivity index (χ0v) is 7.50. The van der Waals surface area contributed by atoms with Crippen LogP contribution in [0.5, 0.6) is 0 Å². The summed E-state index contributed by atoms with van der Waals surface area (Å²) in [6.45, 7) is 4.83. The second-order valence-corrected chi connectivity index (χ2v) is 3.58. The van der Waals surface area contributed by atoms with Crippen molar-refractivity contribution in [3.05, 3.63) is 35.4 Å². The van der Waals surface area contributed by atoms with E-state index < -0.39 is 10.1 Å². The van der Waals surface area contributed by atoms with E-state index in [9.17, 15) is 8.42 Å². The topological polar surface area (TPSA) is 80.4 Å². The summed E-state index contributed by atoms with van der Waals surface area (Å²) in [7, 11) is -4.17. The number of rotatable bonds is 3. The van der Waals surface area contributed by atoms with E-state index in [1.165, 1.54) is 12.2 Å². The third kappa shape index (κ3) is 3.95. The van der Waals surface area contributed by atoms with Crippen LogP contribution in [-0.4, -0.2) is 13.0 Å². The molecule has 0 unspecified atom stereocenters. The number of allylic oxidation sites excluding steroid dienone is 4. The molecule has 0 fully saturated rings. The highest BCUT2D eigenvalue weighted by Crippen LogP contribution is 2.05. The van der Waals surface area contributed by atoms with Crippen LogP contribution in [0, 0.1) is 0 Å². The first-order chi connectivity index (χ1) is 5.38. The molecule has 0 aliphatic carbocycles. The Bertz CT molecular complexity index is 321. The summed E-state index contributed by atoms with van der Waals surface area (Å²) in [5.41, 5.74) is 5.69. The van der Waals surface area contributed by atoms with Gasteiger partial charge in [0.2, 0.25) is 0 Å². The normalized spacial score (nSPS) is 14.5. The van der Waals surface area contributed by atoms with Gasteiger partial charge < -0.3 is 5.73 Å². The molecule has 0 rings (SSSR count). The van der Waals surface area contributed by atoms with E-state index in [1.807, 2.05) is 0 Å². The van der Waals surface area contributed by atoms with Crippen LogP contribution < -0.4 is 5.73 Å². The van der Waals surface area contributed by atoms with Crippen molar-refractivity contribution in [2.24, 2.45) is 5.73 Å². The fourth-order valence-electron chi connectivity index (χ4n) is 0.473. The van der Waals surface area contributed by atoms with Crippen LogP contribution in [0.25, 0.3) is 0 Å². The molecular weight excluding hydrogens is 178 g/mol. The Morgan fingerprint density at radius 1 is 1.50 bits per heavy atom. The zero-order chi connectivity index (χ0) is 9.78. The molecule has 12 heavy (non-hydrogen) atoms. The van der Waals surface area contributed by atoms with Gasteiger partial charge in [-0.3, -0.25) is 4.55 Å². The van der Waals surface area contributed by atoms with Crippen LogP contribution in [0.15, 0.2) is 35.4 Å². The van der Waals surface area contributed by atoms with Gasteiger partial charge >= 0.3 is 0 Å². The van der Waals surface area contributed by atoms with E-state index in [4.69, 9.17) is 10.3 Å². The van der Waals surface area contributed by atoms with E-state index >= 15 is 0 Å². The van der Waals surface area contributed by atoms with Crippen LogP contribution >= 0.6 is 0 Å². The SMILES string of the molecule is C=C/C(=C\C=C(/C)N)S(=O)(=O)O. The van der Waals surface area contributed by atoms with E-state index in [1.54, 1.807) is 6.92 Å². The lowest BCUT2D eigenvalue weighted by molar-refractivity contribution is 0.492. The van der Waals surface area contributed by atoms with Crippen LogP contribution in [0.3, 0.4) is 0 Å². The first kappa shape index (κ1) is 10.9. The summed E-state index contributed by atoms with van der Waals surface area (Å²) >= 11 is 0. The summed E-state index contributed by atoms with van der Waals surface area (Å²) in [6.07, 6.45) is 3.58. The molecule has 0 saturated carbocycles. The Balaban J connectivity index is 4.95. The van der Waals surface area contributed by atoms with Crippen molar-refractivity contribution in [2.75, 3.05) is 0 Å². The van der Waals surface area contributed by atoms with E-state index in [0.29, 0.717) is 5.70 Å². The molecular formula is C7H11NO3S. The average molecular weight is 189 g/mol. The highest BCUT2D eigenvalue weighted by Gasteiger charge is 2.07. The summed E-state index contributed by atoms with van der Waals surface area (Å²) in [6, 6.07) is 0. The lowest BCUT2D eigenvalue weighted by Crippen LogP contribution is -1.99. The highest BCUT2D eigenvalue weighted by molar-refractivity contribution is 7.90. The molecule has 0 bridgehead atoms. The first-order valence-corrected chi connectivity index (χ1v) is 4.56. The molecule has 68 valence electrons. The molecule has 0 spiro atoms. The van der Waals surface area contributed by atoms with E-state index in [0.717, 1.165) is 6.08 Å². The van der Waals surface area contributed by atoms with Crippen molar-refractivity contribution in [2.45, 2.75) is 6.92 Å². The van der Waals surface area contributed by atoms with Gasteiger partial charge in [0.1, 0.15) is 0 Å². The van der Waals surface area contributed by atoms with Crippen molar-refractivity contribution in [1.29, 1.82) is 0 Å². The van der Waals surface area contributed by atoms with Crippen molar-refractivity contribution in [3.8, 4) is 0 Å². The molecule has 0 aliphatic heterocycles. The van der Waals surface area contributed by atoms with Gasteiger partial charge in [-0.05, 0) is 25.2 Å². The fraction of sp³-hybridized carbons (Fsp3) is 0.143. The van der Waals surface area contributed by atoms with Gasteiger partial charge in [-0.15, -0.1) is 0 Å².